The zero-order chi connectivity index (χ0) is 12.9. The number of unbranched alkanes of at least 4 members (excludes halogenated alkanes) is 1. The fourth-order valence-corrected chi connectivity index (χ4v) is 1.11. The Balaban J connectivity index is 3.36. The first-order valence-electron chi connectivity index (χ1n) is 5.93. The highest BCUT2D eigenvalue weighted by Crippen LogP contribution is 1.81. The van der Waals surface area contributed by atoms with Gasteiger partial charge in [-0.25, -0.2) is 0 Å². The summed E-state index contributed by atoms with van der Waals surface area (Å²) in [7, 11) is 1.57. The van der Waals surface area contributed by atoms with Crippen molar-refractivity contribution in [1.82, 2.24) is 16.0 Å². The molecule has 0 aromatic heterocycles. The number of hydrogen-bond acceptors (Lipinski definition) is 4. The number of carbonyl (C=O) groups is 2. The summed E-state index contributed by atoms with van der Waals surface area (Å²) in [4.78, 5) is 22.4. The molecular weight excluding hydrogens is 222 g/mol. The van der Waals surface area contributed by atoms with E-state index in [1.54, 1.807) is 7.11 Å². The Bertz CT molecular complexity index is 200. The van der Waals surface area contributed by atoms with Gasteiger partial charge in [0.25, 0.3) is 0 Å². The van der Waals surface area contributed by atoms with Crippen LogP contribution in [0.3, 0.4) is 0 Å². The highest BCUT2D eigenvalue weighted by molar-refractivity contribution is 5.81. The largest absolute Gasteiger partial charge is 0.383 e. The van der Waals surface area contributed by atoms with Gasteiger partial charge in [0, 0.05) is 20.2 Å². The van der Waals surface area contributed by atoms with E-state index in [9.17, 15) is 9.59 Å². The number of hydrogen-bond donors (Lipinski definition) is 3. The standard InChI is InChI=1S/C11H23N3O3/c1-3-4-5-13-10(15)8-12-9-11(16)14-6-7-17-2/h12H,3-9H2,1-2H3,(H,13,15)(H,14,16). The number of ether oxygens (including phenoxy) is 1. The van der Waals surface area contributed by atoms with Gasteiger partial charge in [-0.15, -0.1) is 0 Å². The molecule has 0 bridgehead atoms. The molecule has 3 N–H and O–H groups in total. The van der Waals surface area contributed by atoms with E-state index in [1.807, 2.05) is 0 Å². The van der Waals surface area contributed by atoms with Crippen molar-refractivity contribution in [1.29, 1.82) is 0 Å². The molecule has 0 aromatic carbocycles. The Morgan fingerprint density at radius 2 is 1.65 bits per heavy atom. The van der Waals surface area contributed by atoms with Crippen molar-refractivity contribution < 1.29 is 14.3 Å². The van der Waals surface area contributed by atoms with Crippen molar-refractivity contribution in [2.75, 3.05) is 39.9 Å². The molecule has 0 saturated heterocycles. The Morgan fingerprint density at radius 1 is 1.06 bits per heavy atom. The molecule has 100 valence electrons. The maximum atomic E-state index is 11.2. The zero-order valence-corrected chi connectivity index (χ0v) is 10.7. The molecular formula is C11H23N3O3. The van der Waals surface area contributed by atoms with Crippen molar-refractivity contribution in [3.63, 3.8) is 0 Å². The van der Waals surface area contributed by atoms with E-state index in [0.717, 1.165) is 12.8 Å². The Labute approximate surface area is 102 Å². The molecule has 0 saturated carbocycles. The van der Waals surface area contributed by atoms with Crippen molar-refractivity contribution >= 4 is 11.8 Å². The normalized spacial score (nSPS) is 10.0. The number of methoxy groups -OCH3 is 1. The minimum absolute atomic E-state index is 0.0804. The maximum absolute atomic E-state index is 11.2. The van der Waals surface area contributed by atoms with E-state index < -0.39 is 0 Å². The number of nitrogens with one attached hydrogen (secondary N) is 3. The first-order valence-corrected chi connectivity index (χ1v) is 5.93. The molecule has 0 aliphatic heterocycles. The lowest BCUT2D eigenvalue weighted by molar-refractivity contribution is -0.121. The third-order valence-corrected chi connectivity index (χ3v) is 2.05. The quantitative estimate of drug-likeness (QED) is 0.443. The molecule has 0 rings (SSSR count). The number of rotatable bonds is 10. The van der Waals surface area contributed by atoms with Crippen LogP contribution in [0.4, 0.5) is 0 Å². The van der Waals surface area contributed by atoms with Crippen LogP contribution in [-0.2, 0) is 14.3 Å². The molecule has 0 spiro atoms. The smallest absolute Gasteiger partial charge is 0.234 e. The van der Waals surface area contributed by atoms with E-state index in [1.165, 1.54) is 0 Å². The topological polar surface area (TPSA) is 79.5 Å². The summed E-state index contributed by atoms with van der Waals surface area (Å²) in [5.74, 6) is -0.216. The van der Waals surface area contributed by atoms with Crippen LogP contribution < -0.4 is 16.0 Å². The van der Waals surface area contributed by atoms with Gasteiger partial charge < -0.3 is 15.4 Å². The molecule has 6 heteroatoms. The highest BCUT2D eigenvalue weighted by atomic mass is 16.5. The van der Waals surface area contributed by atoms with Gasteiger partial charge in [-0.3, -0.25) is 14.9 Å². The molecule has 6 nitrogen and oxygen atoms in total. The van der Waals surface area contributed by atoms with Crippen LogP contribution in [0.5, 0.6) is 0 Å². The summed E-state index contributed by atoms with van der Waals surface area (Å²) >= 11 is 0. The van der Waals surface area contributed by atoms with Crippen LogP contribution >= 0.6 is 0 Å². The second-order valence-corrected chi connectivity index (χ2v) is 3.65. The van der Waals surface area contributed by atoms with Crippen LogP contribution in [0.2, 0.25) is 0 Å². The summed E-state index contributed by atoms with van der Waals surface area (Å²) < 4.78 is 4.79. The summed E-state index contributed by atoms with van der Waals surface area (Å²) in [6.07, 6.45) is 2.03. The van der Waals surface area contributed by atoms with Gasteiger partial charge in [0.1, 0.15) is 0 Å². The van der Waals surface area contributed by atoms with E-state index >= 15 is 0 Å². The lowest BCUT2D eigenvalue weighted by atomic mass is 10.3. The van der Waals surface area contributed by atoms with Gasteiger partial charge in [-0.1, -0.05) is 13.3 Å². The second-order valence-electron chi connectivity index (χ2n) is 3.65. The Morgan fingerprint density at radius 3 is 2.18 bits per heavy atom. The fraction of sp³-hybridized carbons (Fsp3) is 0.818. The summed E-state index contributed by atoms with van der Waals surface area (Å²) in [6.45, 7) is 4.04. The fourth-order valence-electron chi connectivity index (χ4n) is 1.11. The van der Waals surface area contributed by atoms with Crippen LogP contribution in [0.1, 0.15) is 19.8 Å². The highest BCUT2D eigenvalue weighted by Gasteiger charge is 2.02. The van der Waals surface area contributed by atoms with Gasteiger partial charge in [0.2, 0.25) is 11.8 Å². The molecule has 0 radical (unpaired) electrons. The maximum Gasteiger partial charge on any atom is 0.234 e. The van der Waals surface area contributed by atoms with Crippen LogP contribution in [0.15, 0.2) is 0 Å². The molecule has 17 heavy (non-hydrogen) atoms. The zero-order valence-electron chi connectivity index (χ0n) is 10.7. The monoisotopic (exact) mass is 245 g/mol. The van der Waals surface area contributed by atoms with E-state index in [2.05, 4.69) is 22.9 Å². The van der Waals surface area contributed by atoms with Crippen molar-refractivity contribution in [2.45, 2.75) is 19.8 Å². The predicted molar refractivity (Wildman–Crippen MR) is 65.7 cm³/mol. The average Bonchev–Trinajstić information content (AvgIpc) is 2.30. The molecule has 0 atom stereocenters. The average molecular weight is 245 g/mol. The molecule has 0 aliphatic carbocycles. The lowest BCUT2D eigenvalue weighted by Crippen LogP contribution is -2.40. The number of carbonyl (C=O) groups excluding carboxylic acids is 2. The lowest BCUT2D eigenvalue weighted by Gasteiger charge is -2.07. The van der Waals surface area contributed by atoms with Gasteiger partial charge in [0.05, 0.1) is 19.7 Å². The molecule has 0 heterocycles. The molecule has 0 fully saturated rings. The Kier molecular flexibility index (Phi) is 10.6. The Hall–Kier alpha value is -1.14. The van der Waals surface area contributed by atoms with E-state index in [4.69, 9.17) is 4.74 Å². The molecule has 0 unspecified atom stereocenters. The van der Waals surface area contributed by atoms with Crippen LogP contribution in [-0.4, -0.2) is 51.7 Å². The number of amides is 2. The first-order chi connectivity index (χ1) is 8.20. The van der Waals surface area contributed by atoms with E-state index in [0.29, 0.717) is 19.7 Å². The first kappa shape index (κ1) is 15.9. The van der Waals surface area contributed by atoms with Crippen molar-refractivity contribution in [3.8, 4) is 0 Å². The third-order valence-electron chi connectivity index (χ3n) is 2.05. The molecule has 0 aliphatic rings. The van der Waals surface area contributed by atoms with Gasteiger partial charge in [-0.05, 0) is 6.42 Å². The van der Waals surface area contributed by atoms with Crippen molar-refractivity contribution in [2.24, 2.45) is 0 Å². The van der Waals surface area contributed by atoms with Gasteiger partial charge in [0.15, 0.2) is 0 Å². The van der Waals surface area contributed by atoms with Crippen LogP contribution in [0.25, 0.3) is 0 Å². The second kappa shape index (κ2) is 11.3. The third kappa shape index (κ3) is 11.1. The summed E-state index contributed by atoms with van der Waals surface area (Å²) in [6, 6.07) is 0. The van der Waals surface area contributed by atoms with Crippen LogP contribution in [0, 0.1) is 0 Å². The van der Waals surface area contributed by atoms with Gasteiger partial charge >= 0.3 is 0 Å². The summed E-state index contributed by atoms with van der Waals surface area (Å²) in [5.41, 5.74) is 0. The predicted octanol–water partition coefficient (Wildman–Crippen LogP) is -0.745. The summed E-state index contributed by atoms with van der Waals surface area (Å²) in [5, 5.41) is 8.18. The SMILES string of the molecule is CCCCNC(=O)CNCC(=O)NCCOC. The minimum Gasteiger partial charge on any atom is -0.383 e. The van der Waals surface area contributed by atoms with Crippen molar-refractivity contribution in [3.05, 3.63) is 0 Å². The molecule has 0 aromatic rings. The molecule has 2 amide bonds. The minimum atomic E-state index is -0.136. The van der Waals surface area contributed by atoms with Gasteiger partial charge in [-0.2, -0.15) is 0 Å². The van der Waals surface area contributed by atoms with E-state index in [-0.39, 0.29) is 24.9 Å².